The number of ether oxygens (including phenoxy) is 2. The normalized spacial score (nSPS) is 23.7. The Labute approximate surface area is 144 Å². The highest BCUT2D eigenvalue weighted by atomic mass is 16.5. The van der Waals surface area contributed by atoms with Crippen LogP contribution in [0.4, 0.5) is 5.82 Å². The Hall–Kier alpha value is -2.23. The third kappa shape index (κ3) is 4.65. The van der Waals surface area contributed by atoms with E-state index in [2.05, 4.69) is 9.72 Å². The third-order valence-electron chi connectivity index (χ3n) is 4.06. The molecule has 2 heterocycles. The first-order chi connectivity index (χ1) is 11.8. The van der Waals surface area contributed by atoms with E-state index in [0.29, 0.717) is 12.0 Å². The SMILES string of the molecule is COC(=O)CCC(C)=Cc1cn([C@H]2C[C@H](O)[C@@H](CO)O2)c(=O)nc1N. The van der Waals surface area contributed by atoms with Gasteiger partial charge in [-0.2, -0.15) is 4.98 Å². The predicted octanol–water partition coefficient (Wildman–Crippen LogP) is -0.177. The van der Waals surface area contributed by atoms with Gasteiger partial charge in [0.25, 0.3) is 0 Å². The minimum Gasteiger partial charge on any atom is -0.469 e. The van der Waals surface area contributed by atoms with Crippen LogP contribution in [0, 0.1) is 0 Å². The predicted molar refractivity (Wildman–Crippen MR) is 89.4 cm³/mol. The van der Waals surface area contributed by atoms with Gasteiger partial charge >= 0.3 is 11.7 Å². The highest BCUT2D eigenvalue weighted by molar-refractivity contribution is 5.70. The molecule has 1 aromatic rings. The number of aromatic nitrogens is 2. The lowest BCUT2D eigenvalue weighted by Gasteiger charge is -2.15. The molecule has 9 heteroatoms. The van der Waals surface area contributed by atoms with Crippen LogP contribution in [0.15, 0.2) is 16.6 Å². The van der Waals surface area contributed by atoms with Gasteiger partial charge in [0.05, 0.1) is 19.8 Å². The maximum atomic E-state index is 12.1. The summed E-state index contributed by atoms with van der Waals surface area (Å²) in [5.74, 6) is -0.247. The fourth-order valence-corrected chi connectivity index (χ4v) is 2.60. The zero-order valence-corrected chi connectivity index (χ0v) is 14.2. The average Bonchev–Trinajstić information content (AvgIpc) is 2.95. The molecule has 3 atom stereocenters. The summed E-state index contributed by atoms with van der Waals surface area (Å²) in [4.78, 5) is 27.1. The van der Waals surface area contributed by atoms with E-state index in [1.54, 1.807) is 6.08 Å². The first kappa shape index (κ1) is 19.1. The van der Waals surface area contributed by atoms with Crippen molar-refractivity contribution in [1.29, 1.82) is 0 Å². The van der Waals surface area contributed by atoms with Gasteiger partial charge in [-0.3, -0.25) is 9.36 Å². The van der Waals surface area contributed by atoms with Gasteiger partial charge in [0.1, 0.15) is 18.1 Å². The smallest absolute Gasteiger partial charge is 0.351 e. The maximum Gasteiger partial charge on any atom is 0.351 e. The van der Waals surface area contributed by atoms with Crippen molar-refractivity contribution in [1.82, 2.24) is 9.55 Å². The summed E-state index contributed by atoms with van der Waals surface area (Å²) < 4.78 is 11.3. The van der Waals surface area contributed by atoms with Gasteiger partial charge < -0.3 is 25.4 Å². The number of esters is 1. The third-order valence-corrected chi connectivity index (χ3v) is 4.06. The molecule has 0 radical (unpaired) electrons. The van der Waals surface area contributed by atoms with Crippen LogP contribution in [0.5, 0.6) is 0 Å². The number of carbonyl (C=O) groups is 1. The molecule has 2 rings (SSSR count). The van der Waals surface area contributed by atoms with Crippen LogP contribution in [0.2, 0.25) is 0 Å². The number of allylic oxidation sites excluding steroid dienone is 1. The molecule has 0 spiro atoms. The Morgan fingerprint density at radius 2 is 2.28 bits per heavy atom. The van der Waals surface area contributed by atoms with Gasteiger partial charge in [-0.1, -0.05) is 11.6 Å². The first-order valence-electron chi connectivity index (χ1n) is 7.92. The van der Waals surface area contributed by atoms with Crippen LogP contribution in [0.25, 0.3) is 6.08 Å². The van der Waals surface area contributed by atoms with Gasteiger partial charge in [-0.25, -0.2) is 4.79 Å². The molecule has 25 heavy (non-hydrogen) atoms. The average molecular weight is 353 g/mol. The Balaban J connectivity index is 2.23. The molecule has 0 saturated carbocycles. The van der Waals surface area contributed by atoms with Crippen molar-refractivity contribution in [2.75, 3.05) is 19.5 Å². The Morgan fingerprint density at radius 3 is 2.88 bits per heavy atom. The number of aliphatic hydroxyl groups is 2. The molecule has 0 aliphatic carbocycles. The molecular formula is C16H23N3O6. The number of carbonyl (C=O) groups excluding carboxylic acids is 1. The molecule has 9 nitrogen and oxygen atoms in total. The van der Waals surface area contributed by atoms with Gasteiger partial charge in [0, 0.05) is 24.6 Å². The summed E-state index contributed by atoms with van der Waals surface area (Å²) >= 11 is 0. The van der Waals surface area contributed by atoms with Crippen molar-refractivity contribution in [3.63, 3.8) is 0 Å². The van der Waals surface area contributed by atoms with Crippen molar-refractivity contribution in [2.45, 2.75) is 44.6 Å². The summed E-state index contributed by atoms with van der Waals surface area (Å²) in [6.45, 7) is 1.49. The van der Waals surface area contributed by atoms with Crippen molar-refractivity contribution in [3.8, 4) is 0 Å². The molecule has 0 amide bonds. The monoisotopic (exact) mass is 353 g/mol. The molecule has 1 fully saturated rings. The number of hydrogen-bond donors (Lipinski definition) is 3. The molecule has 1 aliphatic heterocycles. The lowest BCUT2D eigenvalue weighted by molar-refractivity contribution is -0.140. The second-order valence-electron chi connectivity index (χ2n) is 5.95. The van der Waals surface area contributed by atoms with Gasteiger partial charge in [-0.15, -0.1) is 0 Å². The van der Waals surface area contributed by atoms with Crippen LogP contribution in [0.1, 0.15) is 38.0 Å². The van der Waals surface area contributed by atoms with Crippen LogP contribution < -0.4 is 11.4 Å². The van der Waals surface area contributed by atoms with Crippen molar-refractivity contribution < 1.29 is 24.5 Å². The van der Waals surface area contributed by atoms with E-state index in [0.717, 1.165) is 5.57 Å². The lowest BCUT2D eigenvalue weighted by atomic mass is 10.1. The number of nitrogens with zero attached hydrogens (tertiary/aromatic N) is 2. The van der Waals surface area contributed by atoms with E-state index in [9.17, 15) is 14.7 Å². The molecule has 1 aromatic heterocycles. The van der Waals surface area contributed by atoms with Crippen molar-refractivity contribution in [3.05, 3.63) is 27.8 Å². The molecule has 138 valence electrons. The molecule has 1 aliphatic rings. The summed E-state index contributed by atoms with van der Waals surface area (Å²) in [5, 5.41) is 19.0. The standard InChI is InChI=1S/C16H23N3O6/c1-9(3-4-14(22)24-2)5-10-7-19(16(23)18-15(10)17)13-6-11(21)12(8-20)25-13/h5,7,11-13,20-21H,3-4,6,8H2,1-2H3,(H2,17,18,23)/t11-,12+,13+/m0/s1. The molecule has 4 N–H and O–H groups in total. The second kappa shape index (κ2) is 8.24. The van der Waals surface area contributed by atoms with Crippen molar-refractivity contribution in [2.24, 2.45) is 0 Å². The fourth-order valence-electron chi connectivity index (χ4n) is 2.60. The van der Waals surface area contributed by atoms with Crippen molar-refractivity contribution >= 4 is 17.9 Å². The van der Waals surface area contributed by atoms with Crippen LogP contribution in [-0.4, -0.2) is 51.7 Å². The van der Waals surface area contributed by atoms with E-state index in [4.69, 9.17) is 15.6 Å². The van der Waals surface area contributed by atoms with Crippen LogP contribution in [-0.2, 0) is 14.3 Å². The van der Waals surface area contributed by atoms with E-state index in [1.165, 1.54) is 17.9 Å². The van der Waals surface area contributed by atoms with Gasteiger partial charge in [0.15, 0.2) is 0 Å². The largest absolute Gasteiger partial charge is 0.469 e. The first-order valence-corrected chi connectivity index (χ1v) is 7.92. The van der Waals surface area contributed by atoms with Gasteiger partial charge in [0.2, 0.25) is 0 Å². The fraction of sp³-hybridized carbons (Fsp3) is 0.562. The Kier molecular flexibility index (Phi) is 6.29. The van der Waals surface area contributed by atoms with E-state index < -0.39 is 24.1 Å². The van der Waals surface area contributed by atoms with E-state index in [-0.39, 0.29) is 31.2 Å². The summed E-state index contributed by atoms with van der Waals surface area (Å²) in [7, 11) is 1.33. The minimum atomic E-state index is -0.861. The summed E-state index contributed by atoms with van der Waals surface area (Å²) in [6.07, 6.45) is 1.80. The summed E-state index contributed by atoms with van der Waals surface area (Å²) in [5.41, 5.74) is 6.58. The van der Waals surface area contributed by atoms with Crippen LogP contribution >= 0.6 is 0 Å². The number of hydrogen-bond acceptors (Lipinski definition) is 8. The minimum absolute atomic E-state index is 0.0657. The van der Waals surface area contributed by atoms with Crippen LogP contribution in [0.3, 0.4) is 0 Å². The Morgan fingerprint density at radius 1 is 1.56 bits per heavy atom. The maximum absolute atomic E-state index is 12.1. The number of methoxy groups -OCH3 is 1. The number of rotatable bonds is 6. The number of aliphatic hydroxyl groups excluding tert-OH is 2. The molecule has 0 bridgehead atoms. The number of anilines is 1. The molecule has 1 saturated heterocycles. The summed E-state index contributed by atoms with van der Waals surface area (Å²) in [6, 6.07) is 0. The van der Waals surface area contributed by atoms with E-state index in [1.807, 2.05) is 6.92 Å². The molecular weight excluding hydrogens is 330 g/mol. The lowest BCUT2D eigenvalue weighted by Crippen LogP contribution is -2.28. The number of nitrogen functional groups attached to an aromatic ring is 1. The quantitative estimate of drug-likeness (QED) is 0.599. The Bertz CT molecular complexity index is 714. The highest BCUT2D eigenvalue weighted by Gasteiger charge is 2.35. The zero-order chi connectivity index (χ0) is 18.6. The van der Waals surface area contributed by atoms with E-state index >= 15 is 0 Å². The molecule has 0 aromatic carbocycles. The topological polar surface area (TPSA) is 137 Å². The second-order valence-corrected chi connectivity index (χ2v) is 5.95. The van der Waals surface area contributed by atoms with Gasteiger partial charge in [-0.05, 0) is 13.3 Å². The highest BCUT2D eigenvalue weighted by Crippen LogP contribution is 2.28. The number of nitrogens with two attached hydrogens (primary N) is 1. The zero-order valence-electron chi connectivity index (χ0n) is 14.2. The molecule has 0 unspecified atom stereocenters.